The van der Waals surface area contributed by atoms with Gasteiger partial charge in [0.1, 0.15) is 6.10 Å². The summed E-state index contributed by atoms with van der Waals surface area (Å²) in [6.45, 7) is 2.47. The van der Waals surface area contributed by atoms with Gasteiger partial charge in [-0.1, -0.05) is 38.5 Å². The number of carbonyl (C=O) groups is 2. The Morgan fingerprint density at radius 2 is 1.73 bits per heavy atom. The van der Waals surface area contributed by atoms with Gasteiger partial charge < -0.3 is 15.2 Å². The minimum atomic E-state index is -0.738. The molecule has 0 aromatic heterocycles. The number of ether oxygens (including phenoxy) is 1. The molecule has 1 fully saturated rings. The van der Waals surface area contributed by atoms with Gasteiger partial charge >= 0.3 is 5.97 Å². The van der Waals surface area contributed by atoms with Crippen LogP contribution >= 0.6 is 0 Å². The van der Waals surface area contributed by atoms with Crippen molar-refractivity contribution in [3.05, 3.63) is 0 Å². The monoisotopic (exact) mass is 313 g/mol. The number of aliphatic carboxylic acids is 1. The zero-order chi connectivity index (χ0) is 16.2. The highest BCUT2D eigenvalue weighted by Gasteiger charge is 2.19. The SMILES string of the molecule is CC(OC1CCCCCC1)C(=O)NCCCCCCC(=O)O. The molecular formula is C17H31NO4. The number of carbonyl (C=O) groups excluding carboxylic acids is 1. The maximum Gasteiger partial charge on any atom is 0.303 e. The van der Waals surface area contributed by atoms with Crippen molar-refractivity contribution in [1.29, 1.82) is 0 Å². The molecule has 0 bridgehead atoms. The Kier molecular flexibility index (Phi) is 9.87. The molecule has 0 spiro atoms. The summed E-state index contributed by atoms with van der Waals surface area (Å²) in [4.78, 5) is 22.3. The van der Waals surface area contributed by atoms with Crippen LogP contribution in [0.15, 0.2) is 0 Å². The first-order valence-electron chi connectivity index (χ1n) is 8.74. The van der Waals surface area contributed by atoms with Gasteiger partial charge in [0.2, 0.25) is 5.91 Å². The maximum atomic E-state index is 12.0. The van der Waals surface area contributed by atoms with E-state index in [0.717, 1.165) is 32.1 Å². The van der Waals surface area contributed by atoms with Crippen LogP contribution in [-0.2, 0) is 14.3 Å². The molecule has 1 rings (SSSR count). The molecule has 0 aliphatic heterocycles. The zero-order valence-corrected chi connectivity index (χ0v) is 13.8. The minimum Gasteiger partial charge on any atom is -0.481 e. The van der Waals surface area contributed by atoms with Crippen molar-refractivity contribution in [1.82, 2.24) is 5.32 Å². The van der Waals surface area contributed by atoms with Crippen molar-refractivity contribution in [3.63, 3.8) is 0 Å². The second kappa shape index (κ2) is 11.5. The molecule has 0 saturated heterocycles. The lowest BCUT2D eigenvalue weighted by atomic mass is 10.1. The standard InChI is InChI=1S/C17H31NO4/c1-14(22-15-10-6-2-3-7-11-15)17(21)18-13-9-5-4-8-12-16(19)20/h14-15H,2-13H2,1H3,(H,18,21)(H,19,20). The van der Waals surface area contributed by atoms with E-state index in [1.807, 2.05) is 6.92 Å². The fraction of sp³-hybridized carbons (Fsp3) is 0.882. The van der Waals surface area contributed by atoms with Crippen LogP contribution in [0.2, 0.25) is 0 Å². The highest BCUT2D eigenvalue weighted by Crippen LogP contribution is 2.20. The van der Waals surface area contributed by atoms with E-state index in [0.29, 0.717) is 13.0 Å². The Balaban J connectivity index is 2.04. The van der Waals surface area contributed by atoms with Crippen molar-refractivity contribution in [2.75, 3.05) is 6.54 Å². The number of carboxylic acids is 1. The largest absolute Gasteiger partial charge is 0.481 e. The summed E-state index contributed by atoms with van der Waals surface area (Å²) in [6.07, 6.45) is 10.7. The molecular weight excluding hydrogens is 282 g/mol. The lowest BCUT2D eigenvalue weighted by Gasteiger charge is -2.20. The van der Waals surface area contributed by atoms with Gasteiger partial charge in [0.25, 0.3) is 0 Å². The number of amides is 1. The van der Waals surface area contributed by atoms with E-state index in [-0.39, 0.29) is 24.5 Å². The number of rotatable bonds is 10. The molecule has 2 N–H and O–H groups in total. The minimum absolute atomic E-state index is 0.0326. The number of hydrogen-bond acceptors (Lipinski definition) is 3. The van der Waals surface area contributed by atoms with Crippen LogP contribution in [0.1, 0.15) is 77.6 Å². The van der Waals surface area contributed by atoms with Crippen LogP contribution in [-0.4, -0.2) is 35.7 Å². The van der Waals surface area contributed by atoms with Crippen LogP contribution in [0.25, 0.3) is 0 Å². The van der Waals surface area contributed by atoms with Gasteiger partial charge in [-0.25, -0.2) is 0 Å². The first-order valence-corrected chi connectivity index (χ1v) is 8.74. The topological polar surface area (TPSA) is 75.6 Å². The summed E-state index contributed by atoms with van der Waals surface area (Å²) < 4.78 is 5.88. The van der Waals surface area contributed by atoms with Gasteiger partial charge in [-0.2, -0.15) is 0 Å². The van der Waals surface area contributed by atoms with Gasteiger partial charge in [-0.15, -0.1) is 0 Å². The Morgan fingerprint density at radius 1 is 1.09 bits per heavy atom. The lowest BCUT2D eigenvalue weighted by Crippen LogP contribution is -2.37. The van der Waals surface area contributed by atoms with E-state index in [1.165, 1.54) is 25.7 Å². The summed E-state index contributed by atoms with van der Waals surface area (Å²) in [5, 5.41) is 11.4. The first kappa shape index (κ1) is 18.9. The Labute approximate surface area is 133 Å². The third kappa shape index (κ3) is 9.03. The molecule has 1 amide bonds. The molecule has 0 heterocycles. The van der Waals surface area contributed by atoms with Crippen LogP contribution in [0.5, 0.6) is 0 Å². The molecule has 0 radical (unpaired) electrons. The van der Waals surface area contributed by atoms with Gasteiger partial charge in [-0.3, -0.25) is 9.59 Å². The normalized spacial score (nSPS) is 17.7. The molecule has 1 atom stereocenters. The van der Waals surface area contributed by atoms with Crippen molar-refractivity contribution < 1.29 is 19.4 Å². The average Bonchev–Trinajstić information content (AvgIpc) is 2.74. The molecule has 1 unspecified atom stereocenters. The fourth-order valence-corrected chi connectivity index (χ4v) is 2.84. The second-order valence-corrected chi connectivity index (χ2v) is 6.24. The van der Waals surface area contributed by atoms with Gasteiger partial charge in [0.15, 0.2) is 0 Å². The molecule has 1 saturated carbocycles. The quantitative estimate of drug-likeness (QED) is 0.479. The van der Waals surface area contributed by atoms with Gasteiger partial charge in [0.05, 0.1) is 6.10 Å². The van der Waals surface area contributed by atoms with E-state index < -0.39 is 5.97 Å². The molecule has 1 aliphatic rings. The van der Waals surface area contributed by atoms with E-state index >= 15 is 0 Å². The van der Waals surface area contributed by atoms with E-state index in [4.69, 9.17) is 9.84 Å². The molecule has 5 nitrogen and oxygen atoms in total. The Hall–Kier alpha value is -1.10. The van der Waals surface area contributed by atoms with Gasteiger partial charge in [0, 0.05) is 13.0 Å². The average molecular weight is 313 g/mol. The molecule has 128 valence electrons. The third-order valence-corrected chi connectivity index (χ3v) is 4.18. The third-order valence-electron chi connectivity index (χ3n) is 4.18. The maximum absolute atomic E-state index is 12.0. The van der Waals surface area contributed by atoms with Gasteiger partial charge in [-0.05, 0) is 32.6 Å². The number of nitrogens with one attached hydrogen (secondary N) is 1. The molecule has 5 heteroatoms. The highest BCUT2D eigenvalue weighted by molar-refractivity contribution is 5.80. The predicted octanol–water partition coefficient (Wildman–Crippen LogP) is 3.27. The van der Waals surface area contributed by atoms with Crippen LogP contribution < -0.4 is 5.32 Å². The molecule has 1 aliphatic carbocycles. The summed E-state index contributed by atoms with van der Waals surface area (Å²) >= 11 is 0. The van der Waals surface area contributed by atoms with Crippen molar-refractivity contribution in [3.8, 4) is 0 Å². The fourth-order valence-electron chi connectivity index (χ4n) is 2.84. The molecule has 0 aromatic carbocycles. The number of hydrogen-bond donors (Lipinski definition) is 2. The van der Waals surface area contributed by atoms with Crippen molar-refractivity contribution in [2.24, 2.45) is 0 Å². The summed E-state index contributed by atoms with van der Waals surface area (Å²) in [5.74, 6) is -0.771. The van der Waals surface area contributed by atoms with E-state index in [2.05, 4.69) is 5.32 Å². The van der Waals surface area contributed by atoms with Crippen LogP contribution in [0, 0.1) is 0 Å². The number of carboxylic acid groups (broad SMARTS) is 1. The molecule has 0 aromatic rings. The smallest absolute Gasteiger partial charge is 0.303 e. The van der Waals surface area contributed by atoms with Crippen molar-refractivity contribution in [2.45, 2.75) is 89.8 Å². The Morgan fingerprint density at radius 3 is 2.36 bits per heavy atom. The first-order chi connectivity index (χ1) is 10.6. The summed E-state index contributed by atoms with van der Waals surface area (Å²) in [5.41, 5.74) is 0. The summed E-state index contributed by atoms with van der Waals surface area (Å²) in [7, 11) is 0. The van der Waals surface area contributed by atoms with Crippen molar-refractivity contribution >= 4 is 11.9 Å². The predicted molar refractivity (Wildman–Crippen MR) is 85.8 cm³/mol. The van der Waals surface area contributed by atoms with Crippen LogP contribution in [0.4, 0.5) is 0 Å². The highest BCUT2D eigenvalue weighted by atomic mass is 16.5. The zero-order valence-electron chi connectivity index (χ0n) is 13.8. The number of unbranched alkanes of at least 4 members (excludes halogenated alkanes) is 3. The van der Waals surface area contributed by atoms with E-state index in [9.17, 15) is 9.59 Å². The summed E-state index contributed by atoms with van der Waals surface area (Å²) in [6, 6.07) is 0. The second-order valence-electron chi connectivity index (χ2n) is 6.24. The van der Waals surface area contributed by atoms with Crippen LogP contribution in [0.3, 0.4) is 0 Å². The van der Waals surface area contributed by atoms with E-state index in [1.54, 1.807) is 0 Å². The molecule has 22 heavy (non-hydrogen) atoms. The Bertz CT molecular complexity index is 325. The lowest BCUT2D eigenvalue weighted by molar-refractivity contribution is -0.137.